The van der Waals surface area contributed by atoms with Crippen molar-refractivity contribution >= 4 is 5.69 Å². The Morgan fingerprint density at radius 2 is 2.38 bits per heavy atom. The fraction of sp³-hybridized carbons (Fsp3) is 0.615. The molecule has 0 spiro atoms. The van der Waals surface area contributed by atoms with Crippen LogP contribution in [-0.4, -0.2) is 11.0 Å². The molecule has 1 aromatic heterocycles. The summed E-state index contributed by atoms with van der Waals surface area (Å²) in [5, 5.41) is 3.57. The zero-order valence-electron chi connectivity index (χ0n) is 10.2. The summed E-state index contributed by atoms with van der Waals surface area (Å²) in [7, 11) is 0. The Balaban J connectivity index is 2.04. The minimum absolute atomic E-state index is 0.475. The summed E-state index contributed by atoms with van der Waals surface area (Å²) in [6.07, 6.45) is 5.56. The Morgan fingerprint density at radius 3 is 3.00 bits per heavy atom. The van der Waals surface area contributed by atoms with Gasteiger partial charge < -0.3 is 11.1 Å². The number of pyridine rings is 1. The topological polar surface area (TPSA) is 50.9 Å². The van der Waals surface area contributed by atoms with Crippen molar-refractivity contribution in [2.45, 2.75) is 45.7 Å². The van der Waals surface area contributed by atoms with E-state index in [1.807, 2.05) is 6.07 Å². The van der Waals surface area contributed by atoms with Crippen LogP contribution in [0, 0.1) is 5.41 Å². The van der Waals surface area contributed by atoms with Crippen molar-refractivity contribution in [2.75, 3.05) is 5.32 Å². The largest absolute Gasteiger partial charge is 0.381 e. The van der Waals surface area contributed by atoms with Crippen LogP contribution >= 0.6 is 0 Å². The quantitative estimate of drug-likeness (QED) is 0.821. The van der Waals surface area contributed by atoms with Gasteiger partial charge in [0.1, 0.15) is 0 Å². The van der Waals surface area contributed by atoms with Crippen molar-refractivity contribution in [1.29, 1.82) is 0 Å². The maximum atomic E-state index is 5.68. The number of aromatic nitrogens is 1. The Labute approximate surface area is 97.5 Å². The maximum absolute atomic E-state index is 5.68. The second-order valence-corrected chi connectivity index (χ2v) is 5.45. The molecule has 0 aliphatic heterocycles. The Bertz CT molecular complexity index is 360. The van der Waals surface area contributed by atoms with E-state index in [0.29, 0.717) is 18.0 Å². The minimum Gasteiger partial charge on any atom is -0.381 e. The predicted molar refractivity (Wildman–Crippen MR) is 67.2 cm³/mol. The van der Waals surface area contributed by atoms with Crippen molar-refractivity contribution in [2.24, 2.45) is 11.1 Å². The van der Waals surface area contributed by atoms with E-state index in [9.17, 15) is 0 Å². The van der Waals surface area contributed by atoms with E-state index >= 15 is 0 Å². The first-order valence-electron chi connectivity index (χ1n) is 6.01. The molecule has 1 saturated carbocycles. The second-order valence-electron chi connectivity index (χ2n) is 5.45. The lowest BCUT2D eigenvalue weighted by molar-refractivity contribution is 0.378. The summed E-state index contributed by atoms with van der Waals surface area (Å²) in [5.41, 5.74) is 8.22. The third kappa shape index (κ3) is 2.53. The predicted octanol–water partition coefficient (Wildman–Crippen LogP) is 2.53. The number of hydrogen-bond acceptors (Lipinski definition) is 3. The highest BCUT2D eigenvalue weighted by Crippen LogP contribution is 2.38. The molecular weight excluding hydrogens is 198 g/mol. The van der Waals surface area contributed by atoms with Crippen LogP contribution in [0.3, 0.4) is 0 Å². The van der Waals surface area contributed by atoms with E-state index in [2.05, 4.69) is 30.2 Å². The van der Waals surface area contributed by atoms with Crippen LogP contribution in [0.5, 0.6) is 0 Å². The van der Waals surface area contributed by atoms with Gasteiger partial charge in [-0.3, -0.25) is 4.98 Å². The van der Waals surface area contributed by atoms with Crippen molar-refractivity contribution in [3.63, 3.8) is 0 Å². The van der Waals surface area contributed by atoms with Crippen LogP contribution in [0.2, 0.25) is 0 Å². The molecule has 0 aromatic carbocycles. The van der Waals surface area contributed by atoms with Gasteiger partial charge in [0.05, 0.1) is 11.4 Å². The molecule has 0 bridgehead atoms. The Morgan fingerprint density at radius 1 is 1.56 bits per heavy atom. The molecule has 16 heavy (non-hydrogen) atoms. The highest BCUT2D eigenvalue weighted by Gasteiger charge is 2.30. The average molecular weight is 219 g/mol. The van der Waals surface area contributed by atoms with Gasteiger partial charge in [0.15, 0.2) is 0 Å². The molecule has 0 saturated heterocycles. The second kappa shape index (κ2) is 4.42. The van der Waals surface area contributed by atoms with Gasteiger partial charge >= 0.3 is 0 Å². The van der Waals surface area contributed by atoms with Crippen molar-refractivity contribution in [1.82, 2.24) is 4.98 Å². The zero-order chi connectivity index (χ0) is 11.6. The average Bonchev–Trinajstić information content (AvgIpc) is 2.59. The lowest BCUT2D eigenvalue weighted by atomic mass is 9.92. The molecule has 3 N–H and O–H groups in total. The molecule has 3 heteroatoms. The van der Waals surface area contributed by atoms with E-state index in [1.54, 1.807) is 6.20 Å². The van der Waals surface area contributed by atoms with Crippen LogP contribution < -0.4 is 11.1 Å². The summed E-state index contributed by atoms with van der Waals surface area (Å²) >= 11 is 0. The standard InChI is InChI=1S/C13H21N3/c1-13(2)6-5-10(8-13)16-11-4-3-7-15-12(11)9-14/h3-4,7,10,16H,5-6,8-9,14H2,1-2H3. The van der Waals surface area contributed by atoms with Crippen LogP contribution in [0.15, 0.2) is 18.3 Å². The molecule has 0 amide bonds. The first kappa shape index (κ1) is 11.4. The molecule has 1 aliphatic carbocycles. The molecule has 1 aromatic rings. The normalized spacial score (nSPS) is 23.3. The van der Waals surface area contributed by atoms with E-state index in [1.165, 1.54) is 19.3 Å². The smallest absolute Gasteiger partial charge is 0.0770 e. The first-order chi connectivity index (χ1) is 7.61. The molecule has 2 rings (SSSR count). The van der Waals surface area contributed by atoms with Crippen molar-refractivity contribution in [3.05, 3.63) is 24.0 Å². The number of rotatable bonds is 3. The monoisotopic (exact) mass is 219 g/mol. The fourth-order valence-electron chi connectivity index (χ4n) is 2.51. The number of nitrogens with two attached hydrogens (primary N) is 1. The molecule has 88 valence electrons. The number of anilines is 1. The van der Waals surface area contributed by atoms with Gasteiger partial charge in [-0.25, -0.2) is 0 Å². The molecule has 0 radical (unpaired) electrons. The lowest BCUT2D eigenvalue weighted by Gasteiger charge is -2.19. The minimum atomic E-state index is 0.475. The molecule has 1 unspecified atom stereocenters. The van der Waals surface area contributed by atoms with Gasteiger partial charge in [0.25, 0.3) is 0 Å². The molecule has 1 atom stereocenters. The van der Waals surface area contributed by atoms with E-state index in [-0.39, 0.29) is 0 Å². The molecular formula is C13H21N3. The van der Waals surface area contributed by atoms with E-state index in [0.717, 1.165) is 11.4 Å². The Hall–Kier alpha value is -1.09. The summed E-state index contributed by atoms with van der Waals surface area (Å²) in [4.78, 5) is 4.29. The van der Waals surface area contributed by atoms with Crippen LogP contribution in [0.25, 0.3) is 0 Å². The molecule has 3 nitrogen and oxygen atoms in total. The third-order valence-electron chi connectivity index (χ3n) is 3.41. The van der Waals surface area contributed by atoms with Crippen molar-refractivity contribution in [3.8, 4) is 0 Å². The molecule has 1 fully saturated rings. The zero-order valence-corrected chi connectivity index (χ0v) is 10.2. The fourth-order valence-corrected chi connectivity index (χ4v) is 2.51. The molecule has 1 aliphatic rings. The molecule has 1 heterocycles. The SMILES string of the molecule is CC1(C)CCC(Nc2cccnc2CN)C1. The van der Waals surface area contributed by atoms with Gasteiger partial charge in [-0.2, -0.15) is 0 Å². The van der Waals surface area contributed by atoms with Gasteiger partial charge in [-0.05, 0) is 36.8 Å². The van der Waals surface area contributed by atoms with Gasteiger partial charge in [0.2, 0.25) is 0 Å². The summed E-state index contributed by atoms with van der Waals surface area (Å²) in [5.74, 6) is 0. The van der Waals surface area contributed by atoms with Gasteiger partial charge in [-0.1, -0.05) is 13.8 Å². The summed E-state index contributed by atoms with van der Waals surface area (Å²) in [6, 6.07) is 4.60. The summed E-state index contributed by atoms with van der Waals surface area (Å²) < 4.78 is 0. The van der Waals surface area contributed by atoms with Gasteiger partial charge in [0, 0.05) is 18.8 Å². The first-order valence-corrected chi connectivity index (χ1v) is 6.01. The lowest BCUT2D eigenvalue weighted by Crippen LogP contribution is -2.19. The van der Waals surface area contributed by atoms with Crippen LogP contribution in [0.4, 0.5) is 5.69 Å². The van der Waals surface area contributed by atoms with E-state index < -0.39 is 0 Å². The van der Waals surface area contributed by atoms with Crippen LogP contribution in [-0.2, 0) is 6.54 Å². The number of nitrogens with one attached hydrogen (secondary N) is 1. The highest BCUT2D eigenvalue weighted by atomic mass is 15.0. The number of nitrogens with zero attached hydrogens (tertiary/aromatic N) is 1. The Kier molecular flexibility index (Phi) is 3.15. The van der Waals surface area contributed by atoms with Crippen molar-refractivity contribution < 1.29 is 0 Å². The third-order valence-corrected chi connectivity index (χ3v) is 3.41. The van der Waals surface area contributed by atoms with Gasteiger partial charge in [-0.15, -0.1) is 0 Å². The number of hydrogen-bond donors (Lipinski definition) is 2. The van der Waals surface area contributed by atoms with E-state index in [4.69, 9.17) is 5.73 Å². The van der Waals surface area contributed by atoms with Crippen LogP contribution in [0.1, 0.15) is 38.8 Å². The highest BCUT2D eigenvalue weighted by molar-refractivity contribution is 5.48. The maximum Gasteiger partial charge on any atom is 0.0770 e. The summed E-state index contributed by atoms with van der Waals surface area (Å²) in [6.45, 7) is 5.17.